The molecule has 3 N–H and O–H groups in total. The smallest absolute Gasteiger partial charge is 0.122 e. The second kappa shape index (κ2) is 7.51. The van der Waals surface area contributed by atoms with Gasteiger partial charge < -0.3 is 15.8 Å². The van der Waals surface area contributed by atoms with Crippen molar-refractivity contribution in [3.05, 3.63) is 29.3 Å². The van der Waals surface area contributed by atoms with Crippen molar-refractivity contribution in [1.82, 2.24) is 5.32 Å². The van der Waals surface area contributed by atoms with Gasteiger partial charge in [0.25, 0.3) is 0 Å². The molecular weight excluding hydrogens is 236 g/mol. The first-order valence-corrected chi connectivity index (χ1v) is 7.13. The Morgan fingerprint density at radius 3 is 2.63 bits per heavy atom. The van der Waals surface area contributed by atoms with Crippen LogP contribution < -0.4 is 15.8 Å². The molecule has 0 aliphatic rings. The van der Waals surface area contributed by atoms with Gasteiger partial charge in [0.15, 0.2) is 0 Å². The van der Waals surface area contributed by atoms with Crippen LogP contribution in [0.3, 0.4) is 0 Å². The van der Waals surface area contributed by atoms with E-state index in [2.05, 4.69) is 44.3 Å². The van der Waals surface area contributed by atoms with Gasteiger partial charge in [-0.2, -0.15) is 0 Å². The maximum atomic E-state index is 5.61. The maximum absolute atomic E-state index is 5.61. The van der Waals surface area contributed by atoms with E-state index in [0.29, 0.717) is 0 Å². The summed E-state index contributed by atoms with van der Waals surface area (Å²) in [5, 5.41) is 3.56. The molecule has 19 heavy (non-hydrogen) atoms. The fourth-order valence-corrected chi connectivity index (χ4v) is 2.26. The number of nitrogens with two attached hydrogens (primary N) is 1. The summed E-state index contributed by atoms with van der Waals surface area (Å²) in [6.45, 7) is 8.26. The van der Waals surface area contributed by atoms with Crippen molar-refractivity contribution in [2.24, 2.45) is 5.73 Å². The van der Waals surface area contributed by atoms with Gasteiger partial charge >= 0.3 is 0 Å². The van der Waals surface area contributed by atoms with Crippen molar-refractivity contribution < 1.29 is 4.74 Å². The van der Waals surface area contributed by atoms with Crippen molar-refractivity contribution in [3.8, 4) is 5.75 Å². The summed E-state index contributed by atoms with van der Waals surface area (Å²) in [4.78, 5) is 0. The monoisotopic (exact) mass is 264 g/mol. The fraction of sp³-hybridized carbons (Fsp3) is 0.625. The molecule has 0 radical (unpaired) electrons. The van der Waals surface area contributed by atoms with Gasteiger partial charge in [0.2, 0.25) is 0 Å². The van der Waals surface area contributed by atoms with Crippen LogP contribution >= 0.6 is 0 Å². The van der Waals surface area contributed by atoms with E-state index in [1.807, 2.05) is 0 Å². The summed E-state index contributed by atoms with van der Waals surface area (Å²) in [5.74, 6) is 0.989. The van der Waals surface area contributed by atoms with E-state index in [1.165, 1.54) is 11.1 Å². The zero-order valence-corrected chi connectivity index (χ0v) is 12.8. The molecule has 0 heterocycles. The van der Waals surface area contributed by atoms with Crippen molar-refractivity contribution in [2.45, 2.75) is 45.6 Å². The van der Waals surface area contributed by atoms with Crippen molar-refractivity contribution in [1.29, 1.82) is 0 Å². The average Bonchev–Trinajstić information content (AvgIpc) is 2.38. The lowest BCUT2D eigenvalue weighted by atomic mass is 10.00. The van der Waals surface area contributed by atoms with Gasteiger partial charge in [0, 0.05) is 5.54 Å². The van der Waals surface area contributed by atoms with Gasteiger partial charge in [0.05, 0.1) is 7.11 Å². The molecule has 0 bridgehead atoms. The minimum Gasteiger partial charge on any atom is -0.496 e. The van der Waals surface area contributed by atoms with Gasteiger partial charge in [-0.1, -0.05) is 19.1 Å². The number of rotatable bonds is 8. The summed E-state index contributed by atoms with van der Waals surface area (Å²) in [7, 11) is 1.73. The van der Waals surface area contributed by atoms with Crippen LogP contribution in [0.2, 0.25) is 0 Å². The van der Waals surface area contributed by atoms with Gasteiger partial charge in [-0.15, -0.1) is 0 Å². The van der Waals surface area contributed by atoms with Crippen LogP contribution in [0.1, 0.15) is 38.3 Å². The second-order valence-electron chi connectivity index (χ2n) is 5.60. The lowest BCUT2D eigenvalue weighted by Crippen LogP contribution is -2.42. The van der Waals surface area contributed by atoms with Crippen LogP contribution in [-0.4, -0.2) is 25.7 Å². The summed E-state index contributed by atoms with van der Waals surface area (Å²) in [5.41, 5.74) is 8.37. The summed E-state index contributed by atoms with van der Waals surface area (Å²) >= 11 is 0. The molecule has 0 saturated heterocycles. The van der Waals surface area contributed by atoms with Crippen molar-refractivity contribution in [3.63, 3.8) is 0 Å². The summed E-state index contributed by atoms with van der Waals surface area (Å²) < 4.78 is 5.35. The van der Waals surface area contributed by atoms with Gasteiger partial charge in [-0.3, -0.25) is 0 Å². The normalized spacial score (nSPS) is 11.6. The highest BCUT2D eigenvalue weighted by Crippen LogP contribution is 2.20. The van der Waals surface area contributed by atoms with Crippen LogP contribution in [0.5, 0.6) is 5.75 Å². The van der Waals surface area contributed by atoms with E-state index in [-0.39, 0.29) is 5.54 Å². The summed E-state index contributed by atoms with van der Waals surface area (Å²) in [6.07, 6.45) is 3.03. The standard InChI is InChI=1S/C16H28N2O/c1-5-14-12-13(6-7-15(14)19-4)8-11-18-16(2,3)9-10-17/h6-7,12,18H,5,8-11,17H2,1-4H3. The van der Waals surface area contributed by atoms with Crippen LogP contribution in [0.15, 0.2) is 18.2 Å². The Balaban J connectivity index is 2.54. The molecule has 0 aromatic heterocycles. The Bertz CT molecular complexity index is 388. The highest BCUT2D eigenvalue weighted by molar-refractivity contribution is 5.37. The number of hydrogen-bond acceptors (Lipinski definition) is 3. The Labute approximate surface area is 117 Å². The van der Waals surface area contributed by atoms with E-state index in [4.69, 9.17) is 10.5 Å². The highest BCUT2D eigenvalue weighted by atomic mass is 16.5. The van der Waals surface area contributed by atoms with Crippen molar-refractivity contribution >= 4 is 0 Å². The first-order valence-electron chi connectivity index (χ1n) is 7.13. The first-order chi connectivity index (χ1) is 9.02. The number of hydrogen-bond donors (Lipinski definition) is 2. The Morgan fingerprint density at radius 2 is 2.05 bits per heavy atom. The minimum atomic E-state index is 0.120. The van der Waals surface area contributed by atoms with E-state index < -0.39 is 0 Å². The molecule has 0 unspecified atom stereocenters. The number of methoxy groups -OCH3 is 1. The molecule has 108 valence electrons. The molecule has 0 amide bonds. The fourth-order valence-electron chi connectivity index (χ4n) is 2.26. The Morgan fingerprint density at radius 1 is 1.32 bits per heavy atom. The molecule has 0 spiro atoms. The zero-order chi connectivity index (χ0) is 14.3. The third-order valence-corrected chi connectivity index (χ3v) is 3.51. The number of nitrogens with one attached hydrogen (secondary N) is 1. The number of benzene rings is 1. The second-order valence-corrected chi connectivity index (χ2v) is 5.60. The van der Waals surface area contributed by atoms with Crippen LogP contribution in [-0.2, 0) is 12.8 Å². The quantitative estimate of drug-likeness (QED) is 0.758. The molecule has 1 rings (SSSR count). The third kappa shape index (κ3) is 5.21. The largest absolute Gasteiger partial charge is 0.496 e. The lowest BCUT2D eigenvalue weighted by molar-refractivity contribution is 0.370. The van der Waals surface area contributed by atoms with Crippen LogP contribution in [0.25, 0.3) is 0 Å². The highest BCUT2D eigenvalue weighted by Gasteiger charge is 2.14. The molecule has 0 fully saturated rings. The molecule has 0 atom stereocenters. The van der Waals surface area contributed by atoms with E-state index >= 15 is 0 Å². The Hall–Kier alpha value is -1.06. The van der Waals surface area contributed by atoms with E-state index in [1.54, 1.807) is 7.11 Å². The SMILES string of the molecule is CCc1cc(CCNC(C)(C)CCN)ccc1OC. The molecule has 0 aliphatic heterocycles. The molecule has 1 aromatic rings. The average molecular weight is 264 g/mol. The molecule has 1 aromatic carbocycles. The zero-order valence-electron chi connectivity index (χ0n) is 12.8. The predicted molar refractivity (Wildman–Crippen MR) is 81.8 cm³/mol. The molecular formula is C16H28N2O. The van der Waals surface area contributed by atoms with Gasteiger partial charge in [0.1, 0.15) is 5.75 Å². The number of aryl methyl sites for hydroxylation is 1. The van der Waals surface area contributed by atoms with Crippen LogP contribution in [0.4, 0.5) is 0 Å². The van der Waals surface area contributed by atoms with Gasteiger partial charge in [-0.25, -0.2) is 0 Å². The van der Waals surface area contributed by atoms with Crippen molar-refractivity contribution in [2.75, 3.05) is 20.2 Å². The third-order valence-electron chi connectivity index (χ3n) is 3.51. The predicted octanol–water partition coefficient (Wildman–Crippen LogP) is 2.52. The lowest BCUT2D eigenvalue weighted by Gasteiger charge is -2.25. The molecule has 3 heteroatoms. The number of ether oxygens (including phenoxy) is 1. The molecule has 0 aliphatic carbocycles. The molecule has 3 nitrogen and oxygen atoms in total. The van der Waals surface area contributed by atoms with E-state index in [9.17, 15) is 0 Å². The van der Waals surface area contributed by atoms with E-state index in [0.717, 1.165) is 38.1 Å². The topological polar surface area (TPSA) is 47.3 Å². The minimum absolute atomic E-state index is 0.120. The summed E-state index contributed by atoms with van der Waals surface area (Å²) in [6, 6.07) is 6.46. The maximum Gasteiger partial charge on any atom is 0.122 e. The van der Waals surface area contributed by atoms with Gasteiger partial charge in [-0.05, 0) is 63.4 Å². The first kappa shape index (κ1) is 16.0. The van der Waals surface area contributed by atoms with Crippen LogP contribution in [0, 0.1) is 0 Å². The Kier molecular flexibility index (Phi) is 6.32. The molecule has 0 saturated carbocycles.